The van der Waals surface area contributed by atoms with E-state index in [4.69, 9.17) is 5.73 Å². The maximum atomic E-state index is 13.3. The minimum absolute atomic E-state index is 0.215. The van der Waals surface area contributed by atoms with E-state index in [1.54, 1.807) is 23.5 Å². The molecule has 0 unspecified atom stereocenters. The lowest BCUT2D eigenvalue weighted by atomic mass is 9.96. The summed E-state index contributed by atoms with van der Waals surface area (Å²) in [5.74, 6) is -0.215. The molecule has 0 saturated carbocycles. The van der Waals surface area contributed by atoms with Gasteiger partial charge in [0.05, 0.1) is 15.2 Å². The number of nitrogens with two attached hydrogens (primary N) is 1. The number of thiophene rings is 1. The van der Waals surface area contributed by atoms with E-state index >= 15 is 0 Å². The van der Waals surface area contributed by atoms with Crippen molar-refractivity contribution in [3.05, 3.63) is 34.5 Å². The van der Waals surface area contributed by atoms with Crippen LogP contribution in [0.5, 0.6) is 0 Å². The molecule has 0 saturated heterocycles. The predicted molar refractivity (Wildman–Crippen MR) is 83.9 cm³/mol. The van der Waals surface area contributed by atoms with Gasteiger partial charge in [-0.25, -0.2) is 9.37 Å². The zero-order chi connectivity index (χ0) is 13.7. The van der Waals surface area contributed by atoms with Crippen molar-refractivity contribution >= 4 is 37.9 Å². The quantitative estimate of drug-likeness (QED) is 0.712. The number of halogens is 1. The second-order valence-electron chi connectivity index (χ2n) is 5.08. The molecule has 5 heteroatoms. The zero-order valence-corrected chi connectivity index (χ0v) is 12.4. The summed E-state index contributed by atoms with van der Waals surface area (Å²) in [7, 11) is 0. The molecular formula is C15H13FN2S2. The van der Waals surface area contributed by atoms with Crippen molar-refractivity contribution in [2.75, 3.05) is 5.73 Å². The maximum absolute atomic E-state index is 13.3. The molecule has 102 valence electrons. The summed E-state index contributed by atoms with van der Waals surface area (Å²) in [6.45, 7) is 0. The number of aryl methyl sites for hydroxylation is 1. The highest BCUT2D eigenvalue weighted by atomic mass is 32.1. The summed E-state index contributed by atoms with van der Waals surface area (Å²) in [4.78, 5) is 6.06. The molecule has 20 heavy (non-hydrogen) atoms. The van der Waals surface area contributed by atoms with E-state index in [0.29, 0.717) is 0 Å². The lowest BCUT2D eigenvalue weighted by Crippen LogP contribution is -1.99. The fourth-order valence-corrected chi connectivity index (χ4v) is 5.13. The molecule has 0 amide bonds. The number of nitrogens with zero attached hydrogens (tertiary/aromatic N) is 1. The highest BCUT2D eigenvalue weighted by Crippen LogP contribution is 2.44. The van der Waals surface area contributed by atoms with E-state index in [1.807, 2.05) is 0 Å². The first kappa shape index (κ1) is 12.3. The molecule has 2 N–H and O–H groups in total. The van der Waals surface area contributed by atoms with Crippen LogP contribution in [0, 0.1) is 5.82 Å². The predicted octanol–water partition coefficient (Wildman–Crippen LogP) is 4.62. The normalized spacial score (nSPS) is 14.7. The van der Waals surface area contributed by atoms with Crippen LogP contribution in [0.4, 0.5) is 9.39 Å². The lowest BCUT2D eigenvalue weighted by molar-refractivity contribution is 0.630. The van der Waals surface area contributed by atoms with Crippen LogP contribution in [-0.4, -0.2) is 4.98 Å². The first-order chi connectivity index (χ1) is 9.72. The molecule has 4 rings (SSSR count). The smallest absolute Gasteiger partial charge is 0.127 e. The third-order valence-corrected chi connectivity index (χ3v) is 5.92. The number of nitrogen functional groups attached to an aromatic ring is 1. The Kier molecular flexibility index (Phi) is 2.79. The van der Waals surface area contributed by atoms with Crippen molar-refractivity contribution < 1.29 is 4.39 Å². The molecule has 0 aliphatic heterocycles. The van der Waals surface area contributed by atoms with Gasteiger partial charge in [0.1, 0.15) is 10.8 Å². The van der Waals surface area contributed by atoms with E-state index in [2.05, 4.69) is 4.98 Å². The topological polar surface area (TPSA) is 38.9 Å². The van der Waals surface area contributed by atoms with Crippen LogP contribution < -0.4 is 5.73 Å². The lowest BCUT2D eigenvalue weighted by Gasteiger charge is -2.11. The zero-order valence-electron chi connectivity index (χ0n) is 10.8. The molecule has 3 aromatic rings. The van der Waals surface area contributed by atoms with Gasteiger partial charge in [0.15, 0.2) is 0 Å². The van der Waals surface area contributed by atoms with Gasteiger partial charge in [-0.15, -0.1) is 22.7 Å². The van der Waals surface area contributed by atoms with Gasteiger partial charge >= 0.3 is 0 Å². The van der Waals surface area contributed by atoms with Crippen molar-refractivity contribution in [2.45, 2.75) is 25.7 Å². The molecule has 1 aliphatic rings. The Labute approximate surface area is 124 Å². The van der Waals surface area contributed by atoms with Gasteiger partial charge in [-0.05, 0) is 49.4 Å². The van der Waals surface area contributed by atoms with Crippen LogP contribution in [0.3, 0.4) is 0 Å². The first-order valence-electron chi connectivity index (χ1n) is 6.69. The van der Waals surface area contributed by atoms with Crippen molar-refractivity contribution in [1.29, 1.82) is 0 Å². The van der Waals surface area contributed by atoms with E-state index < -0.39 is 0 Å². The van der Waals surface area contributed by atoms with Gasteiger partial charge in [-0.1, -0.05) is 0 Å². The fourth-order valence-electron chi connectivity index (χ4n) is 2.83. The van der Waals surface area contributed by atoms with Crippen molar-refractivity contribution in [3.63, 3.8) is 0 Å². The van der Waals surface area contributed by atoms with Gasteiger partial charge in [0, 0.05) is 10.4 Å². The van der Waals surface area contributed by atoms with Crippen molar-refractivity contribution in [1.82, 2.24) is 4.98 Å². The standard InChI is InChI=1S/C15H13FN2S2/c16-8-5-6-10-12(7-8)20-15(18-10)13-9-3-1-2-4-11(9)19-14(13)17/h5-7H,1-4,17H2. The number of benzene rings is 1. The van der Waals surface area contributed by atoms with Gasteiger partial charge in [0.2, 0.25) is 0 Å². The number of anilines is 1. The average molecular weight is 304 g/mol. The molecule has 2 heterocycles. The van der Waals surface area contributed by atoms with E-state index in [9.17, 15) is 4.39 Å². The van der Waals surface area contributed by atoms with Crippen LogP contribution >= 0.6 is 22.7 Å². The largest absolute Gasteiger partial charge is 0.390 e. The molecular weight excluding hydrogens is 291 g/mol. The molecule has 1 aromatic carbocycles. The molecule has 0 spiro atoms. The molecule has 2 aromatic heterocycles. The number of hydrogen-bond donors (Lipinski definition) is 1. The second-order valence-corrected chi connectivity index (χ2v) is 7.25. The van der Waals surface area contributed by atoms with Gasteiger partial charge in [-0.3, -0.25) is 0 Å². The Balaban J connectivity index is 1.92. The highest BCUT2D eigenvalue weighted by molar-refractivity contribution is 7.22. The first-order valence-corrected chi connectivity index (χ1v) is 8.32. The van der Waals surface area contributed by atoms with Gasteiger partial charge in [-0.2, -0.15) is 0 Å². The fraction of sp³-hybridized carbons (Fsp3) is 0.267. The Morgan fingerprint density at radius 2 is 2.00 bits per heavy atom. The third-order valence-electron chi connectivity index (χ3n) is 3.76. The molecule has 0 radical (unpaired) electrons. The maximum Gasteiger partial charge on any atom is 0.127 e. The van der Waals surface area contributed by atoms with E-state index in [-0.39, 0.29) is 5.82 Å². The summed E-state index contributed by atoms with van der Waals surface area (Å²) in [6, 6.07) is 4.74. The van der Waals surface area contributed by atoms with E-state index in [0.717, 1.165) is 38.6 Å². The molecule has 0 atom stereocenters. The van der Waals surface area contributed by atoms with E-state index in [1.165, 1.54) is 40.7 Å². The number of aromatic nitrogens is 1. The second kappa shape index (κ2) is 4.53. The number of fused-ring (bicyclic) bond motifs is 2. The van der Waals surface area contributed by atoms with Crippen LogP contribution in [0.25, 0.3) is 20.8 Å². The Hall–Kier alpha value is -1.46. The number of hydrogen-bond acceptors (Lipinski definition) is 4. The van der Waals surface area contributed by atoms with Crippen LogP contribution in [0.15, 0.2) is 18.2 Å². The SMILES string of the molecule is Nc1sc2c(c1-c1nc3ccc(F)cc3s1)CCCC2. The molecule has 1 aliphatic carbocycles. The Bertz CT molecular complexity index is 804. The minimum atomic E-state index is -0.215. The number of thiazole rings is 1. The number of rotatable bonds is 1. The minimum Gasteiger partial charge on any atom is -0.390 e. The van der Waals surface area contributed by atoms with Crippen molar-refractivity contribution in [2.24, 2.45) is 0 Å². The molecule has 0 bridgehead atoms. The van der Waals surface area contributed by atoms with Crippen LogP contribution in [-0.2, 0) is 12.8 Å². The van der Waals surface area contributed by atoms with Crippen molar-refractivity contribution in [3.8, 4) is 10.6 Å². The monoisotopic (exact) mass is 304 g/mol. The Morgan fingerprint density at radius 3 is 2.90 bits per heavy atom. The summed E-state index contributed by atoms with van der Waals surface area (Å²) in [5.41, 5.74) is 9.54. The molecule has 2 nitrogen and oxygen atoms in total. The van der Waals surface area contributed by atoms with Crippen LogP contribution in [0.2, 0.25) is 0 Å². The highest BCUT2D eigenvalue weighted by Gasteiger charge is 2.22. The average Bonchev–Trinajstić information content (AvgIpc) is 2.97. The summed E-state index contributed by atoms with van der Waals surface area (Å²) >= 11 is 3.23. The Morgan fingerprint density at radius 1 is 1.15 bits per heavy atom. The van der Waals surface area contributed by atoms with Gasteiger partial charge in [0.25, 0.3) is 0 Å². The molecule has 0 fully saturated rings. The van der Waals surface area contributed by atoms with Gasteiger partial charge < -0.3 is 5.73 Å². The third kappa shape index (κ3) is 1.84. The summed E-state index contributed by atoms with van der Waals surface area (Å²) in [5, 5.41) is 1.79. The summed E-state index contributed by atoms with van der Waals surface area (Å²) < 4.78 is 14.2. The summed E-state index contributed by atoms with van der Waals surface area (Å²) in [6.07, 6.45) is 4.68. The van der Waals surface area contributed by atoms with Crippen LogP contribution in [0.1, 0.15) is 23.3 Å².